The fourth-order valence-electron chi connectivity index (χ4n) is 2.14. The van der Waals surface area contributed by atoms with Crippen LogP contribution in [0.15, 0.2) is 0 Å². The predicted molar refractivity (Wildman–Crippen MR) is 64.4 cm³/mol. The number of carboxylic acids is 1. The van der Waals surface area contributed by atoms with E-state index in [0.717, 1.165) is 19.3 Å². The molecule has 5 heteroatoms. The Balaban J connectivity index is 2.33. The van der Waals surface area contributed by atoms with Crippen LogP contribution in [0, 0.1) is 5.92 Å². The maximum absolute atomic E-state index is 11.8. The zero-order chi connectivity index (χ0) is 12.8. The minimum Gasteiger partial charge on any atom is -0.481 e. The van der Waals surface area contributed by atoms with E-state index in [0.29, 0.717) is 25.9 Å². The minimum absolute atomic E-state index is 0.0663. The third-order valence-electron chi connectivity index (χ3n) is 3.17. The van der Waals surface area contributed by atoms with Crippen molar-refractivity contribution in [3.63, 3.8) is 0 Å². The van der Waals surface area contributed by atoms with Crippen molar-refractivity contribution in [3.05, 3.63) is 0 Å². The van der Waals surface area contributed by atoms with Crippen LogP contribution in [0.2, 0.25) is 0 Å². The molecule has 1 aliphatic rings. The van der Waals surface area contributed by atoms with Gasteiger partial charge in [0.25, 0.3) is 0 Å². The summed E-state index contributed by atoms with van der Waals surface area (Å²) in [5, 5.41) is 8.93. The van der Waals surface area contributed by atoms with Crippen molar-refractivity contribution < 1.29 is 14.7 Å². The highest BCUT2D eigenvalue weighted by atomic mass is 16.4. The smallest absolute Gasteiger partial charge is 0.308 e. The minimum atomic E-state index is -0.793. The fourth-order valence-corrected chi connectivity index (χ4v) is 2.14. The van der Waals surface area contributed by atoms with E-state index in [1.165, 1.54) is 0 Å². The SMILES string of the molecule is CC(N)CCCC(=O)N1CCC[C@@H](C(=O)O)C1. The molecule has 1 rings (SSSR count). The average Bonchev–Trinajstić information content (AvgIpc) is 2.28. The van der Waals surface area contributed by atoms with E-state index >= 15 is 0 Å². The summed E-state index contributed by atoms with van der Waals surface area (Å²) in [4.78, 5) is 24.4. The fraction of sp³-hybridized carbons (Fsp3) is 0.833. The summed E-state index contributed by atoms with van der Waals surface area (Å²) < 4.78 is 0. The van der Waals surface area contributed by atoms with Crippen molar-refractivity contribution in [3.8, 4) is 0 Å². The molecule has 1 saturated heterocycles. The number of nitrogens with two attached hydrogens (primary N) is 1. The Labute approximate surface area is 102 Å². The second kappa shape index (κ2) is 6.59. The number of hydrogen-bond donors (Lipinski definition) is 2. The van der Waals surface area contributed by atoms with Crippen molar-refractivity contribution in [2.24, 2.45) is 11.7 Å². The van der Waals surface area contributed by atoms with Gasteiger partial charge < -0.3 is 15.7 Å². The molecule has 0 aromatic rings. The van der Waals surface area contributed by atoms with E-state index in [-0.39, 0.29) is 17.9 Å². The summed E-state index contributed by atoms with van der Waals surface area (Å²) in [5.41, 5.74) is 5.62. The topological polar surface area (TPSA) is 83.6 Å². The van der Waals surface area contributed by atoms with Crippen molar-refractivity contribution in [1.82, 2.24) is 4.90 Å². The number of rotatable bonds is 5. The largest absolute Gasteiger partial charge is 0.481 e. The van der Waals surface area contributed by atoms with Gasteiger partial charge in [0, 0.05) is 25.6 Å². The van der Waals surface area contributed by atoms with Gasteiger partial charge in [-0.1, -0.05) is 0 Å². The van der Waals surface area contributed by atoms with E-state index in [9.17, 15) is 9.59 Å². The van der Waals surface area contributed by atoms with Gasteiger partial charge in [-0.15, -0.1) is 0 Å². The number of amides is 1. The van der Waals surface area contributed by atoms with Gasteiger partial charge in [0.2, 0.25) is 5.91 Å². The third-order valence-corrected chi connectivity index (χ3v) is 3.17. The van der Waals surface area contributed by atoms with Crippen molar-refractivity contribution in [2.45, 2.75) is 45.1 Å². The lowest BCUT2D eigenvalue weighted by Crippen LogP contribution is -2.42. The first-order valence-corrected chi connectivity index (χ1v) is 6.27. The normalized spacial score (nSPS) is 22.2. The van der Waals surface area contributed by atoms with Gasteiger partial charge >= 0.3 is 5.97 Å². The van der Waals surface area contributed by atoms with E-state index in [4.69, 9.17) is 10.8 Å². The molecule has 0 bridgehead atoms. The Morgan fingerprint density at radius 3 is 2.82 bits per heavy atom. The summed E-state index contributed by atoms with van der Waals surface area (Å²) in [6.45, 7) is 2.99. The molecule has 0 spiro atoms. The molecule has 1 fully saturated rings. The van der Waals surface area contributed by atoms with Crippen LogP contribution in [0.5, 0.6) is 0 Å². The number of aliphatic carboxylic acids is 1. The van der Waals surface area contributed by atoms with Crippen LogP contribution in [0.25, 0.3) is 0 Å². The van der Waals surface area contributed by atoms with E-state index < -0.39 is 5.97 Å². The number of hydrogen-bond acceptors (Lipinski definition) is 3. The summed E-state index contributed by atoms with van der Waals surface area (Å²) in [5.74, 6) is -1.11. The lowest BCUT2D eigenvalue weighted by Gasteiger charge is -2.30. The van der Waals surface area contributed by atoms with E-state index in [2.05, 4.69) is 0 Å². The first kappa shape index (κ1) is 14.0. The molecule has 2 atom stereocenters. The number of piperidine rings is 1. The summed E-state index contributed by atoms with van der Waals surface area (Å²) in [6.07, 6.45) is 3.56. The monoisotopic (exact) mass is 242 g/mol. The standard InChI is InChI=1S/C12H22N2O3/c1-9(13)4-2-6-11(15)14-7-3-5-10(8-14)12(16)17/h9-10H,2-8,13H2,1H3,(H,16,17)/t9?,10-/m1/s1. The Hall–Kier alpha value is -1.10. The molecule has 0 aromatic heterocycles. The number of nitrogens with zero attached hydrogens (tertiary/aromatic N) is 1. The summed E-state index contributed by atoms with van der Waals surface area (Å²) in [6, 6.07) is 0.121. The second-order valence-electron chi connectivity index (χ2n) is 4.89. The molecule has 0 aromatic carbocycles. The highest BCUT2D eigenvalue weighted by molar-refractivity contribution is 5.78. The van der Waals surface area contributed by atoms with Crippen molar-refractivity contribution in [2.75, 3.05) is 13.1 Å². The number of likely N-dealkylation sites (tertiary alicyclic amines) is 1. The average molecular weight is 242 g/mol. The Kier molecular flexibility index (Phi) is 5.41. The molecular formula is C12H22N2O3. The second-order valence-corrected chi connectivity index (χ2v) is 4.89. The molecule has 1 unspecified atom stereocenters. The molecule has 5 nitrogen and oxygen atoms in total. The van der Waals surface area contributed by atoms with Gasteiger partial charge in [-0.2, -0.15) is 0 Å². The maximum atomic E-state index is 11.8. The number of carboxylic acid groups (broad SMARTS) is 1. The molecule has 0 saturated carbocycles. The summed E-state index contributed by atoms with van der Waals surface area (Å²) >= 11 is 0. The molecule has 0 aliphatic carbocycles. The molecule has 1 aliphatic heterocycles. The Morgan fingerprint density at radius 2 is 2.24 bits per heavy atom. The van der Waals surface area contributed by atoms with E-state index in [1.807, 2.05) is 6.92 Å². The zero-order valence-corrected chi connectivity index (χ0v) is 10.4. The van der Waals surface area contributed by atoms with Crippen molar-refractivity contribution >= 4 is 11.9 Å². The van der Waals surface area contributed by atoms with Gasteiger partial charge in [0.1, 0.15) is 0 Å². The van der Waals surface area contributed by atoms with Crippen LogP contribution in [-0.2, 0) is 9.59 Å². The maximum Gasteiger partial charge on any atom is 0.308 e. The molecular weight excluding hydrogens is 220 g/mol. The lowest BCUT2D eigenvalue weighted by molar-refractivity contribution is -0.145. The summed E-state index contributed by atoms with van der Waals surface area (Å²) in [7, 11) is 0. The molecule has 1 heterocycles. The van der Waals surface area contributed by atoms with Gasteiger partial charge in [-0.3, -0.25) is 9.59 Å². The Morgan fingerprint density at radius 1 is 1.53 bits per heavy atom. The molecule has 1 amide bonds. The van der Waals surface area contributed by atoms with Crippen LogP contribution in [-0.4, -0.2) is 41.0 Å². The van der Waals surface area contributed by atoms with Gasteiger partial charge in [0.05, 0.1) is 5.92 Å². The van der Waals surface area contributed by atoms with Gasteiger partial charge in [0.15, 0.2) is 0 Å². The number of carbonyl (C=O) groups excluding carboxylic acids is 1. The van der Waals surface area contributed by atoms with Crippen LogP contribution >= 0.6 is 0 Å². The van der Waals surface area contributed by atoms with Crippen molar-refractivity contribution in [1.29, 1.82) is 0 Å². The lowest BCUT2D eigenvalue weighted by atomic mass is 9.98. The molecule has 3 N–H and O–H groups in total. The number of carbonyl (C=O) groups is 2. The van der Waals surface area contributed by atoms with Gasteiger partial charge in [-0.25, -0.2) is 0 Å². The quantitative estimate of drug-likeness (QED) is 0.748. The predicted octanol–water partition coefficient (Wildman–Crippen LogP) is 0.827. The molecule has 0 radical (unpaired) electrons. The first-order chi connectivity index (χ1) is 8.00. The van der Waals surface area contributed by atoms with Crippen LogP contribution < -0.4 is 5.73 Å². The highest BCUT2D eigenvalue weighted by Crippen LogP contribution is 2.17. The van der Waals surface area contributed by atoms with E-state index in [1.54, 1.807) is 4.90 Å². The molecule has 98 valence electrons. The molecule has 17 heavy (non-hydrogen) atoms. The Bertz CT molecular complexity index is 279. The first-order valence-electron chi connectivity index (χ1n) is 6.27. The zero-order valence-electron chi connectivity index (χ0n) is 10.4. The van der Waals surface area contributed by atoms with Crippen LogP contribution in [0.3, 0.4) is 0 Å². The van der Waals surface area contributed by atoms with Gasteiger partial charge in [-0.05, 0) is 32.6 Å². The van der Waals surface area contributed by atoms with Crippen LogP contribution in [0.4, 0.5) is 0 Å². The highest BCUT2D eigenvalue weighted by Gasteiger charge is 2.27. The van der Waals surface area contributed by atoms with Crippen LogP contribution in [0.1, 0.15) is 39.0 Å². The third kappa shape index (κ3) is 4.73.